The van der Waals surface area contributed by atoms with Crippen molar-refractivity contribution in [2.45, 2.75) is 20.8 Å². The van der Waals surface area contributed by atoms with E-state index < -0.39 is 11.7 Å². The van der Waals surface area contributed by atoms with Crippen LogP contribution in [0.25, 0.3) is 22.6 Å². The number of benzene rings is 3. The molecule has 3 aromatic carbocycles. The molecule has 0 aliphatic carbocycles. The molecule has 1 heterocycles. The summed E-state index contributed by atoms with van der Waals surface area (Å²) in [6.07, 6.45) is 0. The minimum absolute atomic E-state index is 0.000107. The molecule has 0 unspecified atom stereocenters. The maximum Gasteiger partial charge on any atom is 0.258 e. The van der Waals surface area contributed by atoms with E-state index in [4.69, 9.17) is 4.42 Å². The molecule has 4 rings (SSSR count). The zero-order valence-corrected chi connectivity index (χ0v) is 15.8. The number of aryl methyl sites for hydroxylation is 3. The smallest absolute Gasteiger partial charge is 0.258 e. The highest BCUT2D eigenvalue weighted by Gasteiger charge is 2.15. The summed E-state index contributed by atoms with van der Waals surface area (Å²) in [6, 6.07) is 15.4. The molecule has 5 heteroatoms. The fourth-order valence-electron chi connectivity index (χ4n) is 3.03. The molecule has 0 bridgehead atoms. The lowest BCUT2D eigenvalue weighted by molar-refractivity contribution is 0.102. The average Bonchev–Trinajstić information content (AvgIpc) is 3.07. The molecule has 0 fully saturated rings. The number of anilines is 1. The molecule has 0 saturated heterocycles. The van der Waals surface area contributed by atoms with E-state index in [2.05, 4.69) is 10.3 Å². The Kier molecular flexibility index (Phi) is 4.43. The van der Waals surface area contributed by atoms with Gasteiger partial charge in [0, 0.05) is 11.3 Å². The van der Waals surface area contributed by atoms with Gasteiger partial charge in [0.1, 0.15) is 11.3 Å². The van der Waals surface area contributed by atoms with Crippen LogP contribution in [0.3, 0.4) is 0 Å². The van der Waals surface area contributed by atoms with Crippen molar-refractivity contribution < 1.29 is 13.6 Å². The second-order valence-corrected chi connectivity index (χ2v) is 6.89. The van der Waals surface area contributed by atoms with Crippen LogP contribution >= 0.6 is 0 Å². The van der Waals surface area contributed by atoms with E-state index in [-0.39, 0.29) is 5.56 Å². The van der Waals surface area contributed by atoms with E-state index >= 15 is 0 Å². The van der Waals surface area contributed by atoms with Gasteiger partial charge in [-0.05, 0) is 73.9 Å². The van der Waals surface area contributed by atoms with Crippen LogP contribution < -0.4 is 5.32 Å². The van der Waals surface area contributed by atoms with Crippen LogP contribution in [0.15, 0.2) is 59.0 Å². The van der Waals surface area contributed by atoms with Crippen molar-refractivity contribution >= 4 is 22.7 Å². The molecule has 0 aliphatic rings. The van der Waals surface area contributed by atoms with E-state index in [0.717, 1.165) is 33.4 Å². The molecule has 4 aromatic rings. The monoisotopic (exact) mass is 374 g/mol. The SMILES string of the molecule is Cc1cc2nc(-c3ccc(C)c(NC(=O)c4ccccc4F)c3)oc2cc1C. The second-order valence-electron chi connectivity index (χ2n) is 6.89. The summed E-state index contributed by atoms with van der Waals surface area (Å²) in [7, 11) is 0. The Labute approximate surface area is 162 Å². The molecule has 0 atom stereocenters. The minimum atomic E-state index is -0.557. The second kappa shape index (κ2) is 6.93. The first-order chi connectivity index (χ1) is 13.4. The largest absolute Gasteiger partial charge is 0.436 e. The number of rotatable bonds is 3. The van der Waals surface area contributed by atoms with Gasteiger partial charge in [0.05, 0.1) is 5.56 Å². The number of aromatic nitrogens is 1. The van der Waals surface area contributed by atoms with E-state index in [0.29, 0.717) is 11.6 Å². The van der Waals surface area contributed by atoms with Gasteiger partial charge < -0.3 is 9.73 Å². The van der Waals surface area contributed by atoms with Crippen LogP contribution in [0.5, 0.6) is 0 Å². The lowest BCUT2D eigenvalue weighted by Gasteiger charge is -2.10. The topological polar surface area (TPSA) is 55.1 Å². The number of hydrogen-bond acceptors (Lipinski definition) is 3. The van der Waals surface area contributed by atoms with E-state index in [1.807, 2.05) is 45.0 Å². The summed E-state index contributed by atoms with van der Waals surface area (Å²) >= 11 is 0. The average molecular weight is 374 g/mol. The molecule has 1 N–H and O–H groups in total. The van der Waals surface area contributed by atoms with Crippen LogP contribution in [0.2, 0.25) is 0 Å². The van der Waals surface area contributed by atoms with Crippen molar-refractivity contribution in [2.75, 3.05) is 5.32 Å². The van der Waals surface area contributed by atoms with Crippen molar-refractivity contribution in [1.29, 1.82) is 0 Å². The maximum atomic E-state index is 13.9. The van der Waals surface area contributed by atoms with E-state index in [1.165, 1.54) is 12.1 Å². The highest BCUT2D eigenvalue weighted by Crippen LogP contribution is 2.29. The highest BCUT2D eigenvalue weighted by atomic mass is 19.1. The first kappa shape index (κ1) is 17.9. The molecule has 140 valence electrons. The maximum absolute atomic E-state index is 13.9. The molecule has 0 aliphatic heterocycles. The summed E-state index contributed by atoms with van der Waals surface area (Å²) in [5.41, 5.74) is 5.97. The number of nitrogens with one attached hydrogen (secondary N) is 1. The Hall–Kier alpha value is -3.47. The number of carbonyl (C=O) groups is 1. The van der Waals surface area contributed by atoms with Gasteiger partial charge in [-0.25, -0.2) is 9.37 Å². The number of amides is 1. The van der Waals surface area contributed by atoms with Crippen molar-refractivity contribution in [3.63, 3.8) is 0 Å². The third-order valence-corrected chi connectivity index (χ3v) is 4.86. The zero-order valence-electron chi connectivity index (χ0n) is 15.8. The standard InChI is InChI=1S/C23H19FN2O2/c1-13-8-9-16(23-26-20-10-14(2)15(3)11-21(20)28-23)12-19(13)25-22(27)17-6-4-5-7-18(17)24/h4-12H,1-3H3,(H,25,27). The molecule has 1 aromatic heterocycles. The number of halogens is 1. The Morgan fingerprint density at radius 2 is 1.71 bits per heavy atom. The molecule has 28 heavy (non-hydrogen) atoms. The van der Waals surface area contributed by atoms with E-state index in [9.17, 15) is 9.18 Å². The lowest BCUT2D eigenvalue weighted by atomic mass is 10.1. The summed E-state index contributed by atoms with van der Waals surface area (Å²) < 4.78 is 19.8. The van der Waals surface area contributed by atoms with E-state index in [1.54, 1.807) is 18.2 Å². The van der Waals surface area contributed by atoms with Crippen LogP contribution in [-0.4, -0.2) is 10.9 Å². The van der Waals surface area contributed by atoms with Crippen LogP contribution in [0, 0.1) is 26.6 Å². The molecular weight excluding hydrogens is 355 g/mol. The number of carbonyl (C=O) groups excluding carboxylic acids is 1. The summed E-state index contributed by atoms with van der Waals surface area (Å²) in [6.45, 7) is 5.93. The van der Waals surface area contributed by atoms with Crippen LogP contribution in [-0.2, 0) is 0 Å². The van der Waals surface area contributed by atoms with Crippen molar-refractivity contribution in [3.8, 4) is 11.5 Å². The Morgan fingerprint density at radius 3 is 2.50 bits per heavy atom. The number of oxazole rings is 1. The van der Waals surface area contributed by atoms with Crippen molar-refractivity contribution in [3.05, 3.63) is 82.7 Å². The van der Waals surface area contributed by atoms with Gasteiger partial charge in [-0.15, -0.1) is 0 Å². The normalized spacial score (nSPS) is 11.0. The zero-order chi connectivity index (χ0) is 19.8. The van der Waals surface area contributed by atoms with Gasteiger partial charge in [0.15, 0.2) is 5.58 Å². The predicted molar refractivity (Wildman–Crippen MR) is 108 cm³/mol. The van der Waals surface area contributed by atoms with Crippen LogP contribution in [0.4, 0.5) is 10.1 Å². The summed E-state index contributed by atoms with van der Waals surface area (Å²) in [5.74, 6) is -0.581. The summed E-state index contributed by atoms with van der Waals surface area (Å²) in [5, 5.41) is 2.78. The fraction of sp³-hybridized carbons (Fsp3) is 0.130. The first-order valence-electron chi connectivity index (χ1n) is 8.97. The van der Waals surface area contributed by atoms with Crippen LogP contribution in [0.1, 0.15) is 27.0 Å². The van der Waals surface area contributed by atoms with Gasteiger partial charge in [-0.1, -0.05) is 18.2 Å². The first-order valence-corrected chi connectivity index (χ1v) is 8.97. The summed E-state index contributed by atoms with van der Waals surface area (Å²) in [4.78, 5) is 17.0. The van der Waals surface area contributed by atoms with Gasteiger partial charge in [-0.3, -0.25) is 4.79 Å². The molecule has 4 nitrogen and oxygen atoms in total. The Morgan fingerprint density at radius 1 is 0.964 bits per heavy atom. The number of hydrogen-bond donors (Lipinski definition) is 1. The quantitative estimate of drug-likeness (QED) is 0.492. The molecule has 1 amide bonds. The molecular formula is C23H19FN2O2. The van der Waals surface area contributed by atoms with Crippen molar-refractivity contribution in [2.24, 2.45) is 0 Å². The third-order valence-electron chi connectivity index (χ3n) is 4.86. The fourth-order valence-corrected chi connectivity index (χ4v) is 3.03. The molecule has 0 radical (unpaired) electrons. The molecule has 0 spiro atoms. The predicted octanol–water partition coefficient (Wildman–Crippen LogP) is 5.81. The van der Waals surface area contributed by atoms with Gasteiger partial charge in [0.25, 0.3) is 5.91 Å². The Bertz CT molecular complexity index is 1170. The Balaban J connectivity index is 1.69. The lowest BCUT2D eigenvalue weighted by Crippen LogP contribution is -2.14. The van der Waals surface area contributed by atoms with Crippen molar-refractivity contribution in [1.82, 2.24) is 4.98 Å². The van der Waals surface area contributed by atoms with Gasteiger partial charge >= 0.3 is 0 Å². The number of nitrogens with zero attached hydrogens (tertiary/aromatic N) is 1. The van der Waals surface area contributed by atoms with Gasteiger partial charge in [-0.2, -0.15) is 0 Å². The minimum Gasteiger partial charge on any atom is -0.436 e. The molecule has 0 saturated carbocycles. The highest BCUT2D eigenvalue weighted by molar-refractivity contribution is 6.05. The number of fused-ring (bicyclic) bond motifs is 1. The third kappa shape index (κ3) is 3.27. The van der Waals surface area contributed by atoms with Gasteiger partial charge in [0.2, 0.25) is 5.89 Å².